The van der Waals surface area contributed by atoms with E-state index in [-0.39, 0.29) is 19.1 Å². The van der Waals surface area contributed by atoms with Crippen LogP contribution in [0.25, 0.3) is 11.1 Å². The smallest absolute Gasteiger partial charge is 0.407 e. The number of amides is 2. The average Bonchev–Trinajstić information content (AvgIpc) is 3.13. The van der Waals surface area contributed by atoms with E-state index in [2.05, 4.69) is 10.6 Å². The average molecular weight is 469 g/mol. The molecule has 0 radical (unpaired) electrons. The Morgan fingerprint density at radius 3 is 2.03 bits per heavy atom. The lowest BCUT2D eigenvalue weighted by molar-refractivity contribution is -0.142. The number of carbonyl (C=O) groups excluding carboxylic acids is 2. The van der Waals surface area contributed by atoms with Crippen molar-refractivity contribution in [2.45, 2.75) is 44.7 Å². The Labute approximate surface area is 199 Å². The van der Waals surface area contributed by atoms with Crippen molar-refractivity contribution in [2.75, 3.05) is 20.3 Å². The van der Waals surface area contributed by atoms with Gasteiger partial charge in [0.05, 0.1) is 6.61 Å². The Kier molecular flexibility index (Phi) is 8.65. The number of methoxy groups -OCH3 is 1. The highest BCUT2D eigenvalue weighted by molar-refractivity contribution is 5.89. The molecular formula is C26H32N2O6. The van der Waals surface area contributed by atoms with Crippen LogP contribution >= 0.6 is 0 Å². The lowest BCUT2D eigenvalue weighted by atomic mass is 9.98. The highest BCUT2D eigenvalue weighted by Crippen LogP contribution is 2.44. The molecule has 0 saturated carbocycles. The maximum atomic E-state index is 12.7. The molecule has 3 rings (SSSR count). The van der Waals surface area contributed by atoms with Crippen LogP contribution in [0, 0.1) is 5.92 Å². The molecule has 34 heavy (non-hydrogen) atoms. The largest absolute Gasteiger partial charge is 0.480 e. The molecule has 2 atom stereocenters. The standard InChI is InChI=1S/C26H32N2O6/c1-16(2)12-13-22(25(30)31)27-24(29)23(15-33-3)28-26(32)34-14-21-19-10-6-4-8-17(19)18-9-5-7-11-20(18)21/h4-11,16,21-23H,12-15H2,1-3H3,(H,27,29)(H,28,32)(H,30,31)/t22?,23-/m0/s1. The zero-order valence-electron chi connectivity index (χ0n) is 19.7. The van der Waals surface area contributed by atoms with Gasteiger partial charge in [-0.3, -0.25) is 4.79 Å². The molecule has 8 nitrogen and oxygen atoms in total. The van der Waals surface area contributed by atoms with Crippen molar-refractivity contribution in [3.05, 3.63) is 59.7 Å². The molecule has 1 unspecified atom stereocenters. The minimum Gasteiger partial charge on any atom is -0.480 e. The van der Waals surface area contributed by atoms with Gasteiger partial charge in [-0.2, -0.15) is 0 Å². The van der Waals surface area contributed by atoms with Gasteiger partial charge >= 0.3 is 12.1 Å². The summed E-state index contributed by atoms with van der Waals surface area (Å²) in [5.41, 5.74) is 4.39. The van der Waals surface area contributed by atoms with E-state index in [4.69, 9.17) is 9.47 Å². The Morgan fingerprint density at radius 2 is 1.50 bits per heavy atom. The van der Waals surface area contributed by atoms with Gasteiger partial charge in [0.15, 0.2) is 0 Å². The number of fused-ring (bicyclic) bond motifs is 3. The molecule has 2 amide bonds. The first-order valence-electron chi connectivity index (χ1n) is 11.5. The van der Waals surface area contributed by atoms with Crippen molar-refractivity contribution in [1.29, 1.82) is 0 Å². The highest BCUT2D eigenvalue weighted by atomic mass is 16.5. The van der Waals surface area contributed by atoms with E-state index >= 15 is 0 Å². The zero-order valence-corrected chi connectivity index (χ0v) is 19.7. The van der Waals surface area contributed by atoms with E-state index < -0.39 is 30.1 Å². The molecule has 0 spiro atoms. The first-order chi connectivity index (χ1) is 16.3. The number of aliphatic carboxylic acids is 1. The minimum absolute atomic E-state index is 0.104. The molecule has 8 heteroatoms. The van der Waals surface area contributed by atoms with Crippen LogP contribution in [0.4, 0.5) is 4.79 Å². The number of benzene rings is 2. The molecule has 3 N–H and O–H groups in total. The minimum atomic E-state index is -1.12. The molecule has 0 aromatic heterocycles. The summed E-state index contributed by atoms with van der Waals surface area (Å²) >= 11 is 0. The van der Waals surface area contributed by atoms with Gasteiger partial charge < -0.3 is 25.2 Å². The Hall–Kier alpha value is -3.39. The normalized spacial score (nSPS) is 14.1. The van der Waals surface area contributed by atoms with Crippen molar-refractivity contribution < 1.29 is 29.0 Å². The molecule has 1 aliphatic carbocycles. The summed E-state index contributed by atoms with van der Waals surface area (Å²) in [4.78, 5) is 36.8. The molecule has 0 aliphatic heterocycles. The summed E-state index contributed by atoms with van der Waals surface area (Å²) in [5, 5.41) is 14.4. The van der Waals surface area contributed by atoms with Gasteiger partial charge in [0.1, 0.15) is 18.7 Å². The molecule has 0 heterocycles. The molecule has 2 aromatic carbocycles. The second-order valence-electron chi connectivity index (χ2n) is 8.85. The number of carboxylic acid groups (broad SMARTS) is 1. The third kappa shape index (κ3) is 6.14. The third-order valence-corrected chi connectivity index (χ3v) is 5.93. The van der Waals surface area contributed by atoms with Gasteiger partial charge in [-0.15, -0.1) is 0 Å². The maximum absolute atomic E-state index is 12.7. The first-order valence-corrected chi connectivity index (χ1v) is 11.5. The van der Waals surface area contributed by atoms with Crippen molar-refractivity contribution in [1.82, 2.24) is 10.6 Å². The highest BCUT2D eigenvalue weighted by Gasteiger charge is 2.30. The number of carboxylic acids is 1. The maximum Gasteiger partial charge on any atom is 0.407 e. The van der Waals surface area contributed by atoms with Gasteiger partial charge in [-0.25, -0.2) is 9.59 Å². The lowest BCUT2D eigenvalue weighted by Crippen LogP contribution is -2.53. The number of carbonyl (C=O) groups is 3. The van der Waals surface area contributed by atoms with E-state index in [1.54, 1.807) is 0 Å². The van der Waals surface area contributed by atoms with Crippen LogP contribution in [0.15, 0.2) is 48.5 Å². The van der Waals surface area contributed by atoms with Gasteiger partial charge in [0, 0.05) is 13.0 Å². The third-order valence-electron chi connectivity index (χ3n) is 5.93. The molecule has 0 bridgehead atoms. The lowest BCUT2D eigenvalue weighted by Gasteiger charge is -2.22. The quantitative estimate of drug-likeness (QED) is 0.465. The Balaban J connectivity index is 1.62. The Bertz CT molecular complexity index is 976. The fraction of sp³-hybridized carbons (Fsp3) is 0.423. The second-order valence-corrected chi connectivity index (χ2v) is 8.85. The summed E-state index contributed by atoms with van der Waals surface area (Å²) in [6, 6.07) is 13.9. The van der Waals surface area contributed by atoms with Gasteiger partial charge in [-0.05, 0) is 41.0 Å². The van der Waals surface area contributed by atoms with Crippen LogP contribution in [0.1, 0.15) is 43.7 Å². The molecule has 1 aliphatic rings. The molecule has 0 fully saturated rings. The summed E-state index contributed by atoms with van der Waals surface area (Å²) in [6.45, 7) is 3.94. The van der Waals surface area contributed by atoms with Gasteiger partial charge in [-0.1, -0.05) is 62.4 Å². The number of nitrogens with one attached hydrogen (secondary N) is 2. The SMILES string of the molecule is COC[C@H](NC(=O)OCC1c2ccccc2-c2ccccc21)C(=O)NC(CCC(C)C)C(=O)O. The summed E-state index contributed by atoms with van der Waals surface area (Å²) < 4.78 is 10.6. The van der Waals surface area contributed by atoms with E-state index in [0.29, 0.717) is 18.8 Å². The van der Waals surface area contributed by atoms with Gasteiger partial charge in [0.25, 0.3) is 0 Å². The van der Waals surface area contributed by atoms with Crippen molar-refractivity contribution in [3.8, 4) is 11.1 Å². The van der Waals surface area contributed by atoms with Crippen LogP contribution in [-0.2, 0) is 19.1 Å². The van der Waals surface area contributed by atoms with Crippen LogP contribution in [0.3, 0.4) is 0 Å². The van der Waals surface area contributed by atoms with Crippen LogP contribution in [0.2, 0.25) is 0 Å². The first kappa shape index (κ1) is 25.2. The molecule has 0 saturated heterocycles. The fourth-order valence-corrected chi connectivity index (χ4v) is 4.16. The fourth-order valence-electron chi connectivity index (χ4n) is 4.16. The summed E-state index contributed by atoms with van der Waals surface area (Å²) in [7, 11) is 1.40. The van der Waals surface area contributed by atoms with Crippen LogP contribution in [-0.4, -0.2) is 55.5 Å². The molecule has 182 valence electrons. The van der Waals surface area contributed by atoms with E-state index in [0.717, 1.165) is 22.3 Å². The predicted molar refractivity (Wildman–Crippen MR) is 128 cm³/mol. The predicted octanol–water partition coefficient (Wildman–Crippen LogP) is 3.55. The second kappa shape index (κ2) is 11.7. The molecular weight excluding hydrogens is 436 g/mol. The molecule has 2 aromatic rings. The topological polar surface area (TPSA) is 114 Å². The number of hydrogen-bond acceptors (Lipinski definition) is 5. The van der Waals surface area contributed by atoms with Crippen molar-refractivity contribution in [3.63, 3.8) is 0 Å². The summed E-state index contributed by atoms with van der Waals surface area (Å²) in [6.07, 6.45) is 0.170. The number of alkyl carbamates (subject to hydrolysis) is 1. The zero-order chi connectivity index (χ0) is 24.7. The Morgan fingerprint density at radius 1 is 0.912 bits per heavy atom. The van der Waals surface area contributed by atoms with Crippen LogP contribution < -0.4 is 10.6 Å². The van der Waals surface area contributed by atoms with Gasteiger partial charge in [0.2, 0.25) is 5.91 Å². The number of hydrogen-bond donors (Lipinski definition) is 3. The monoisotopic (exact) mass is 468 g/mol. The van der Waals surface area contributed by atoms with E-state index in [1.807, 2.05) is 62.4 Å². The van der Waals surface area contributed by atoms with Crippen LogP contribution in [0.5, 0.6) is 0 Å². The van der Waals surface area contributed by atoms with E-state index in [9.17, 15) is 19.5 Å². The van der Waals surface area contributed by atoms with E-state index in [1.165, 1.54) is 7.11 Å². The number of ether oxygens (including phenoxy) is 2. The number of rotatable bonds is 11. The van der Waals surface area contributed by atoms with Crippen molar-refractivity contribution >= 4 is 18.0 Å². The van der Waals surface area contributed by atoms with Crippen molar-refractivity contribution in [2.24, 2.45) is 5.92 Å². The summed E-state index contributed by atoms with van der Waals surface area (Å²) in [5.74, 6) is -1.56.